The fourth-order valence-corrected chi connectivity index (χ4v) is 1.70. The monoisotopic (exact) mass is 265 g/mol. The lowest BCUT2D eigenvalue weighted by atomic mass is 10.2. The Morgan fingerprint density at radius 2 is 2.22 bits per heavy atom. The van der Waals surface area contributed by atoms with Crippen LogP contribution in [0.4, 0.5) is 5.69 Å². The van der Waals surface area contributed by atoms with Gasteiger partial charge >= 0.3 is 5.97 Å². The van der Waals surface area contributed by atoms with E-state index in [1.807, 2.05) is 6.26 Å². The summed E-state index contributed by atoms with van der Waals surface area (Å²) in [7, 11) is 0. The Morgan fingerprint density at radius 3 is 2.89 bits per heavy atom. The fourth-order valence-electron chi connectivity index (χ4n) is 1.31. The second-order valence-corrected chi connectivity index (χ2v) is 4.57. The number of carbonyl (C=O) groups is 2. The van der Waals surface area contributed by atoms with Crippen molar-refractivity contribution >= 4 is 35.4 Å². The molecule has 0 saturated heterocycles. The normalized spacial score (nSPS) is 10.5. The van der Waals surface area contributed by atoms with E-state index in [0.29, 0.717) is 12.1 Å². The third-order valence-electron chi connectivity index (χ3n) is 2.12. The van der Waals surface area contributed by atoms with Gasteiger partial charge in [0.2, 0.25) is 5.91 Å². The van der Waals surface area contributed by atoms with E-state index in [9.17, 15) is 9.59 Å². The van der Waals surface area contributed by atoms with Crippen molar-refractivity contribution in [3.05, 3.63) is 35.9 Å². The van der Waals surface area contributed by atoms with Gasteiger partial charge in [-0.3, -0.25) is 4.79 Å². The highest BCUT2D eigenvalue weighted by Crippen LogP contribution is 2.12. The van der Waals surface area contributed by atoms with E-state index in [1.54, 1.807) is 36.0 Å². The number of carboxylic acids is 1. The van der Waals surface area contributed by atoms with Crippen molar-refractivity contribution in [1.29, 1.82) is 0 Å². The molecule has 1 rings (SSSR count). The molecule has 0 unspecified atom stereocenters. The smallest absolute Gasteiger partial charge is 0.328 e. The van der Waals surface area contributed by atoms with Gasteiger partial charge in [0.05, 0.1) is 0 Å². The van der Waals surface area contributed by atoms with Gasteiger partial charge in [0, 0.05) is 23.9 Å². The Kier molecular flexibility index (Phi) is 6.00. The lowest BCUT2D eigenvalue weighted by Gasteiger charge is -2.05. The topological polar surface area (TPSA) is 66.4 Å². The summed E-state index contributed by atoms with van der Waals surface area (Å²) in [5, 5.41) is 11.3. The van der Waals surface area contributed by atoms with Crippen molar-refractivity contribution in [3.8, 4) is 0 Å². The predicted octanol–water partition coefficient (Wildman–Crippen LogP) is 2.48. The van der Waals surface area contributed by atoms with Gasteiger partial charge in [-0.15, -0.1) is 0 Å². The van der Waals surface area contributed by atoms with E-state index in [4.69, 9.17) is 5.11 Å². The van der Waals surface area contributed by atoms with E-state index in [-0.39, 0.29) is 5.91 Å². The first-order valence-electron chi connectivity index (χ1n) is 5.41. The zero-order chi connectivity index (χ0) is 13.4. The molecule has 0 atom stereocenters. The summed E-state index contributed by atoms with van der Waals surface area (Å²) in [5.74, 6) is -0.252. The zero-order valence-electron chi connectivity index (χ0n) is 10.1. The number of benzene rings is 1. The minimum Gasteiger partial charge on any atom is -0.478 e. The SMILES string of the molecule is CSCCC(=O)Nc1cccc(C=CC(=O)O)c1. The van der Waals surface area contributed by atoms with Crippen molar-refractivity contribution in [2.24, 2.45) is 0 Å². The average molecular weight is 265 g/mol. The van der Waals surface area contributed by atoms with E-state index >= 15 is 0 Å². The molecule has 0 spiro atoms. The molecule has 0 radical (unpaired) electrons. The molecule has 0 aliphatic carbocycles. The molecule has 2 N–H and O–H groups in total. The van der Waals surface area contributed by atoms with Gasteiger partial charge in [-0.2, -0.15) is 11.8 Å². The van der Waals surface area contributed by atoms with E-state index in [1.165, 1.54) is 6.08 Å². The number of thioether (sulfide) groups is 1. The summed E-state index contributed by atoms with van der Waals surface area (Å²) in [6.07, 6.45) is 4.97. The Hall–Kier alpha value is -1.75. The summed E-state index contributed by atoms with van der Waals surface area (Å²) in [4.78, 5) is 21.9. The molecule has 0 aliphatic heterocycles. The van der Waals surface area contributed by atoms with Crippen LogP contribution < -0.4 is 5.32 Å². The van der Waals surface area contributed by atoms with Crippen LogP contribution in [0.25, 0.3) is 6.08 Å². The Morgan fingerprint density at radius 1 is 1.44 bits per heavy atom. The molecule has 1 aromatic carbocycles. The largest absolute Gasteiger partial charge is 0.478 e. The number of rotatable bonds is 6. The van der Waals surface area contributed by atoms with Crippen LogP contribution in [-0.2, 0) is 9.59 Å². The molecular weight excluding hydrogens is 250 g/mol. The first kappa shape index (κ1) is 14.3. The van der Waals surface area contributed by atoms with Crippen molar-refractivity contribution in [1.82, 2.24) is 0 Å². The summed E-state index contributed by atoms with van der Waals surface area (Å²) < 4.78 is 0. The van der Waals surface area contributed by atoms with E-state index in [0.717, 1.165) is 17.4 Å². The van der Waals surface area contributed by atoms with Crippen LogP contribution >= 0.6 is 11.8 Å². The summed E-state index contributed by atoms with van der Waals surface area (Å²) >= 11 is 1.62. The summed E-state index contributed by atoms with van der Waals surface area (Å²) in [6, 6.07) is 7.05. The van der Waals surface area contributed by atoms with Crippen molar-refractivity contribution in [2.75, 3.05) is 17.3 Å². The minimum absolute atomic E-state index is 0.0382. The summed E-state index contributed by atoms with van der Waals surface area (Å²) in [6.45, 7) is 0. The molecule has 96 valence electrons. The third-order valence-corrected chi connectivity index (χ3v) is 2.73. The van der Waals surface area contributed by atoms with Crippen LogP contribution in [0.2, 0.25) is 0 Å². The van der Waals surface area contributed by atoms with Gasteiger partial charge in [-0.25, -0.2) is 4.79 Å². The first-order chi connectivity index (χ1) is 8.61. The summed E-state index contributed by atoms with van der Waals surface area (Å²) in [5.41, 5.74) is 1.41. The van der Waals surface area contributed by atoms with Crippen molar-refractivity contribution in [2.45, 2.75) is 6.42 Å². The maximum atomic E-state index is 11.5. The van der Waals surface area contributed by atoms with Crippen LogP contribution in [0.15, 0.2) is 30.3 Å². The molecule has 0 aromatic heterocycles. The number of carboxylic acid groups (broad SMARTS) is 1. The number of amides is 1. The number of anilines is 1. The Bertz CT molecular complexity index is 457. The van der Waals surface area contributed by atoms with Gasteiger partial charge in [-0.05, 0) is 30.0 Å². The minimum atomic E-state index is -0.996. The Labute approximate surface area is 110 Å². The van der Waals surface area contributed by atoms with Gasteiger partial charge < -0.3 is 10.4 Å². The highest BCUT2D eigenvalue weighted by Gasteiger charge is 2.01. The zero-order valence-corrected chi connectivity index (χ0v) is 10.9. The van der Waals surface area contributed by atoms with E-state index in [2.05, 4.69) is 5.32 Å². The first-order valence-corrected chi connectivity index (χ1v) is 6.81. The number of hydrogen-bond acceptors (Lipinski definition) is 3. The van der Waals surface area contributed by atoms with Crippen LogP contribution in [-0.4, -0.2) is 29.0 Å². The fraction of sp³-hybridized carbons (Fsp3) is 0.231. The van der Waals surface area contributed by atoms with Gasteiger partial charge in [0.1, 0.15) is 0 Å². The van der Waals surface area contributed by atoms with Gasteiger partial charge in [0.15, 0.2) is 0 Å². The highest BCUT2D eigenvalue weighted by molar-refractivity contribution is 7.98. The number of aliphatic carboxylic acids is 1. The average Bonchev–Trinajstić information content (AvgIpc) is 2.34. The molecule has 1 amide bonds. The predicted molar refractivity (Wildman–Crippen MR) is 74.7 cm³/mol. The molecule has 0 fully saturated rings. The lowest BCUT2D eigenvalue weighted by Crippen LogP contribution is -2.12. The standard InChI is InChI=1S/C13H15NO3S/c1-18-8-7-12(15)14-11-4-2-3-10(9-11)5-6-13(16)17/h2-6,9H,7-8H2,1H3,(H,14,15)(H,16,17). The highest BCUT2D eigenvalue weighted by atomic mass is 32.2. The number of carbonyl (C=O) groups excluding carboxylic acids is 1. The number of hydrogen-bond donors (Lipinski definition) is 2. The lowest BCUT2D eigenvalue weighted by molar-refractivity contribution is -0.131. The maximum Gasteiger partial charge on any atom is 0.328 e. The Balaban J connectivity index is 2.64. The van der Waals surface area contributed by atoms with Crippen molar-refractivity contribution < 1.29 is 14.7 Å². The van der Waals surface area contributed by atoms with Crippen LogP contribution in [0.3, 0.4) is 0 Å². The molecule has 5 heteroatoms. The molecule has 0 bridgehead atoms. The van der Waals surface area contributed by atoms with Crippen LogP contribution in [0.5, 0.6) is 0 Å². The third kappa shape index (κ3) is 5.54. The molecule has 4 nitrogen and oxygen atoms in total. The molecule has 0 saturated carbocycles. The van der Waals surface area contributed by atoms with Crippen LogP contribution in [0.1, 0.15) is 12.0 Å². The number of nitrogens with one attached hydrogen (secondary N) is 1. The van der Waals surface area contributed by atoms with Gasteiger partial charge in [-0.1, -0.05) is 12.1 Å². The molecular formula is C13H15NO3S. The molecule has 18 heavy (non-hydrogen) atoms. The molecule has 0 aliphatic rings. The van der Waals surface area contributed by atoms with Crippen LogP contribution in [0, 0.1) is 0 Å². The van der Waals surface area contributed by atoms with Gasteiger partial charge in [0.25, 0.3) is 0 Å². The maximum absolute atomic E-state index is 11.5. The molecule has 0 heterocycles. The quantitative estimate of drug-likeness (QED) is 0.775. The van der Waals surface area contributed by atoms with Crippen molar-refractivity contribution in [3.63, 3.8) is 0 Å². The molecule has 1 aromatic rings. The van der Waals surface area contributed by atoms with E-state index < -0.39 is 5.97 Å². The second-order valence-electron chi connectivity index (χ2n) is 3.59. The second kappa shape index (κ2) is 7.55.